The topological polar surface area (TPSA) is 28.2 Å². The van der Waals surface area contributed by atoms with Gasteiger partial charge in [0.25, 0.3) is 0 Å². The maximum absolute atomic E-state index is 4.24. The third kappa shape index (κ3) is 1.45. The highest BCUT2D eigenvalue weighted by Gasteiger charge is 2.06. The second kappa shape index (κ2) is 2.28. The smallest absolute Gasteiger partial charge is 0.0359 e. The standard InChI is InChI=1S/C5H10N2/c1-5-4-6-2-3-7-5/h5H,2-4H2,1H3. The van der Waals surface area contributed by atoms with Crippen molar-refractivity contribution in [3.8, 4) is 0 Å². The molecule has 0 saturated carbocycles. The zero-order valence-electron chi connectivity index (χ0n) is 4.59. The van der Waals surface area contributed by atoms with Crippen molar-refractivity contribution in [2.75, 3.05) is 19.6 Å². The fourth-order valence-electron chi connectivity index (χ4n) is 0.685. The molecule has 1 fully saturated rings. The molecule has 0 aliphatic carbocycles. The van der Waals surface area contributed by atoms with Crippen LogP contribution < -0.4 is 10.6 Å². The van der Waals surface area contributed by atoms with Gasteiger partial charge >= 0.3 is 0 Å². The maximum Gasteiger partial charge on any atom is 0.0359 e. The second-order valence-corrected chi connectivity index (χ2v) is 1.88. The highest BCUT2D eigenvalue weighted by atomic mass is 15.0. The lowest BCUT2D eigenvalue weighted by Gasteiger charge is -2.16. The first-order valence-corrected chi connectivity index (χ1v) is 2.69. The van der Waals surface area contributed by atoms with Crippen LogP contribution in [0.1, 0.15) is 6.92 Å². The molecule has 40 valence electrons. The summed E-state index contributed by atoms with van der Waals surface area (Å²) >= 11 is 0. The van der Waals surface area contributed by atoms with E-state index in [1.165, 1.54) is 0 Å². The van der Waals surface area contributed by atoms with Crippen LogP contribution >= 0.6 is 0 Å². The van der Waals surface area contributed by atoms with Crippen molar-refractivity contribution in [1.29, 1.82) is 0 Å². The van der Waals surface area contributed by atoms with Crippen LogP contribution in [0.5, 0.6) is 0 Å². The van der Waals surface area contributed by atoms with E-state index in [1.54, 1.807) is 0 Å². The van der Waals surface area contributed by atoms with Crippen LogP contribution in [0.2, 0.25) is 0 Å². The molecule has 0 aromatic rings. The highest BCUT2D eigenvalue weighted by Crippen LogP contribution is 1.85. The van der Waals surface area contributed by atoms with Gasteiger partial charge in [0.2, 0.25) is 0 Å². The Labute approximate surface area is 44.3 Å². The third-order valence-corrected chi connectivity index (χ3v) is 1.09. The van der Waals surface area contributed by atoms with Crippen molar-refractivity contribution in [1.82, 2.24) is 10.6 Å². The molecule has 7 heavy (non-hydrogen) atoms. The van der Waals surface area contributed by atoms with E-state index in [0.717, 1.165) is 19.6 Å². The molecule has 1 atom stereocenters. The molecule has 1 aliphatic heterocycles. The molecule has 2 nitrogen and oxygen atoms in total. The number of rotatable bonds is 0. The van der Waals surface area contributed by atoms with Gasteiger partial charge in [0.05, 0.1) is 0 Å². The predicted octanol–water partition coefficient (Wildman–Crippen LogP) is -0.403. The summed E-state index contributed by atoms with van der Waals surface area (Å²) in [6.07, 6.45) is 0. The first kappa shape index (κ1) is 5.06. The van der Waals surface area contributed by atoms with Gasteiger partial charge in [0, 0.05) is 25.7 Å². The van der Waals surface area contributed by atoms with E-state index >= 15 is 0 Å². The monoisotopic (exact) mass is 98.1 g/mol. The molecule has 0 bridgehead atoms. The fourth-order valence-corrected chi connectivity index (χ4v) is 0.685. The zero-order chi connectivity index (χ0) is 5.11. The Morgan fingerprint density at radius 2 is 2.29 bits per heavy atom. The molecule has 0 amide bonds. The molecule has 1 saturated heterocycles. The summed E-state index contributed by atoms with van der Waals surface area (Å²) in [6.45, 7) is 4.94. The summed E-state index contributed by atoms with van der Waals surface area (Å²) in [6, 6.07) is 0.494. The summed E-state index contributed by atoms with van der Waals surface area (Å²) in [5, 5.41) is 8.40. The van der Waals surface area contributed by atoms with Gasteiger partial charge in [-0.15, -0.1) is 0 Å². The quantitative estimate of drug-likeness (QED) is 0.394. The van der Waals surface area contributed by atoms with E-state index in [1.807, 2.05) is 0 Å². The molecule has 1 unspecified atom stereocenters. The SMILES string of the molecule is CC1C[N]CC[N]1. The lowest BCUT2D eigenvalue weighted by molar-refractivity contribution is 0.427. The Kier molecular flexibility index (Phi) is 1.65. The van der Waals surface area contributed by atoms with Crippen LogP contribution in [0.3, 0.4) is 0 Å². The van der Waals surface area contributed by atoms with Crippen molar-refractivity contribution >= 4 is 0 Å². The van der Waals surface area contributed by atoms with E-state index < -0.39 is 0 Å². The second-order valence-electron chi connectivity index (χ2n) is 1.88. The van der Waals surface area contributed by atoms with Crippen molar-refractivity contribution in [3.05, 3.63) is 0 Å². The van der Waals surface area contributed by atoms with Crippen LogP contribution in [0.4, 0.5) is 0 Å². The Morgan fingerprint density at radius 1 is 1.43 bits per heavy atom. The lowest BCUT2D eigenvalue weighted by Crippen LogP contribution is -2.38. The summed E-state index contributed by atoms with van der Waals surface area (Å²) in [5.74, 6) is 0. The number of hydrogen-bond donors (Lipinski definition) is 0. The van der Waals surface area contributed by atoms with Crippen LogP contribution in [-0.4, -0.2) is 25.7 Å². The van der Waals surface area contributed by atoms with Gasteiger partial charge < -0.3 is 0 Å². The molecule has 1 rings (SSSR count). The van der Waals surface area contributed by atoms with Crippen molar-refractivity contribution in [3.63, 3.8) is 0 Å². The summed E-state index contributed by atoms with van der Waals surface area (Å²) in [4.78, 5) is 0. The largest absolute Gasteiger partial charge is 0.239 e. The molecule has 1 aliphatic rings. The van der Waals surface area contributed by atoms with E-state index in [9.17, 15) is 0 Å². The Hall–Kier alpha value is -0.0800. The summed E-state index contributed by atoms with van der Waals surface area (Å²) in [5.41, 5.74) is 0. The molecule has 0 aromatic heterocycles. The molecule has 1 heterocycles. The Morgan fingerprint density at radius 3 is 2.57 bits per heavy atom. The van der Waals surface area contributed by atoms with Crippen LogP contribution in [-0.2, 0) is 0 Å². The third-order valence-electron chi connectivity index (χ3n) is 1.09. The van der Waals surface area contributed by atoms with E-state index in [-0.39, 0.29) is 0 Å². The van der Waals surface area contributed by atoms with Gasteiger partial charge in [-0.1, -0.05) is 0 Å². The van der Waals surface area contributed by atoms with Gasteiger partial charge in [0.1, 0.15) is 0 Å². The van der Waals surface area contributed by atoms with Crippen LogP contribution in [0.25, 0.3) is 0 Å². The Balaban J connectivity index is 2.12. The van der Waals surface area contributed by atoms with E-state index in [0.29, 0.717) is 6.04 Å². The number of piperazine rings is 1. The van der Waals surface area contributed by atoms with E-state index in [4.69, 9.17) is 0 Å². The molecule has 0 aromatic carbocycles. The average Bonchev–Trinajstić information content (AvgIpc) is 1.69. The summed E-state index contributed by atoms with van der Waals surface area (Å²) < 4.78 is 0. The molecule has 2 radical (unpaired) electrons. The normalized spacial score (nSPS) is 33.0. The first-order chi connectivity index (χ1) is 3.39. The van der Waals surface area contributed by atoms with Crippen LogP contribution in [0, 0.1) is 0 Å². The number of hydrogen-bond acceptors (Lipinski definition) is 0. The minimum Gasteiger partial charge on any atom is -0.239 e. The van der Waals surface area contributed by atoms with Gasteiger partial charge in [-0.3, -0.25) is 0 Å². The lowest BCUT2D eigenvalue weighted by atomic mass is 10.3. The minimum absolute atomic E-state index is 0.494. The molecular weight excluding hydrogens is 88.1 g/mol. The van der Waals surface area contributed by atoms with Gasteiger partial charge in [-0.25, -0.2) is 10.6 Å². The molecule has 2 heteroatoms. The maximum atomic E-state index is 4.24. The van der Waals surface area contributed by atoms with Crippen molar-refractivity contribution in [2.24, 2.45) is 0 Å². The van der Waals surface area contributed by atoms with Crippen molar-refractivity contribution in [2.45, 2.75) is 13.0 Å². The van der Waals surface area contributed by atoms with Crippen LogP contribution in [0.15, 0.2) is 0 Å². The molecular formula is C5H10N2. The van der Waals surface area contributed by atoms with E-state index in [2.05, 4.69) is 17.6 Å². The zero-order valence-corrected chi connectivity index (χ0v) is 4.59. The van der Waals surface area contributed by atoms with Gasteiger partial charge in [-0.2, -0.15) is 0 Å². The van der Waals surface area contributed by atoms with Crippen molar-refractivity contribution < 1.29 is 0 Å². The predicted molar refractivity (Wildman–Crippen MR) is 28.3 cm³/mol. The minimum atomic E-state index is 0.494. The molecule has 0 spiro atoms. The number of nitrogens with zero attached hydrogens (tertiary/aromatic N) is 2. The summed E-state index contributed by atoms with van der Waals surface area (Å²) in [7, 11) is 0. The van der Waals surface area contributed by atoms with Gasteiger partial charge in [0.15, 0.2) is 0 Å². The van der Waals surface area contributed by atoms with Gasteiger partial charge in [-0.05, 0) is 6.92 Å². The molecule has 0 N–H and O–H groups in total. The Bertz CT molecular complexity index is 48.0. The highest BCUT2D eigenvalue weighted by molar-refractivity contribution is 4.68. The first-order valence-electron chi connectivity index (χ1n) is 2.69. The fraction of sp³-hybridized carbons (Fsp3) is 1.00. The average molecular weight is 98.1 g/mol.